The average Bonchev–Trinajstić information content (AvgIpc) is 3.46. The highest BCUT2D eigenvalue weighted by Gasteiger charge is 2.30. The number of aromatic nitrogens is 3. The molecule has 0 aliphatic heterocycles. The summed E-state index contributed by atoms with van der Waals surface area (Å²) in [4.78, 5) is 27.8. The van der Waals surface area contributed by atoms with Crippen molar-refractivity contribution in [2.45, 2.75) is 50.9 Å². The maximum Gasteiger partial charge on any atom is 0.255 e. The molecule has 3 N–H and O–H groups in total. The van der Waals surface area contributed by atoms with E-state index >= 15 is 0 Å². The van der Waals surface area contributed by atoms with Crippen LogP contribution in [0.2, 0.25) is 0 Å². The molecular formula is C25H29N5O3. The first-order chi connectivity index (χ1) is 16.0. The molecule has 2 heterocycles. The van der Waals surface area contributed by atoms with Crippen molar-refractivity contribution in [1.82, 2.24) is 20.1 Å². The van der Waals surface area contributed by atoms with E-state index in [1.165, 1.54) is 0 Å². The third kappa shape index (κ3) is 5.64. The number of aryl methyl sites for hydroxylation is 2. The molecule has 0 radical (unpaired) electrons. The van der Waals surface area contributed by atoms with E-state index in [1.807, 2.05) is 37.5 Å². The third-order valence-electron chi connectivity index (χ3n) is 6.01. The minimum atomic E-state index is -0.245. The molecule has 1 aliphatic rings. The molecule has 33 heavy (non-hydrogen) atoms. The standard InChI is InChI=1S/C25H29N5O3/c1-30-15-20(14-28-30)19-12-21(24(26)27-13-19)25(32)29-22-5-2-6-23(22)33-16-18-9-7-17(8-10-18)4-3-11-31/h7-15,22-23H,2-6,16H2,1H3,(H2,26,27)(H,29,32)/t22-,23-/m0/s1. The zero-order valence-corrected chi connectivity index (χ0v) is 18.7. The lowest BCUT2D eigenvalue weighted by atomic mass is 10.1. The minimum Gasteiger partial charge on any atom is -0.383 e. The zero-order valence-electron chi connectivity index (χ0n) is 18.7. The van der Waals surface area contributed by atoms with Crippen LogP contribution in [-0.4, -0.2) is 39.1 Å². The lowest BCUT2D eigenvalue weighted by Crippen LogP contribution is -2.41. The number of carbonyl (C=O) groups is 2. The first-order valence-corrected chi connectivity index (χ1v) is 11.2. The molecule has 4 rings (SSSR count). The highest BCUT2D eigenvalue weighted by molar-refractivity contribution is 5.99. The molecule has 8 heteroatoms. The van der Waals surface area contributed by atoms with Gasteiger partial charge in [0.2, 0.25) is 0 Å². The van der Waals surface area contributed by atoms with Crippen LogP contribution in [0.1, 0.15) is 47.2 Å². The first kappa shape index (κ1) is 22.7. The van der Waals surface area contributed by atoms with Gasteiger partial charge in [-0.2, -0.15) is 5.10 Å². The van der Waals surface area contributed by atoms with E-state index in [-0.39, 0.29) is 23.9 Å². The van der Waals surface area contributed by atoms with Gasteiger partial charge < -0.3 is 20.6 Å². The molecule has 8 nitrogen and oxygen atoms in total. The molecule has 1 aromatic carbocycles. The molecule has 0 bridgehead atoms. The fraction of sp³-hybridized carbons (Fsp3) is 0.360. The van der Waals surface area contributed by atoms with E-state index in [9.17, 15) is 9.59 Å². The lowest BCUT2D eigenvalue weighted by Gasteiger charge is -2.22. The van der Waals surface area contributed by atoms with E-state index in [1.54, 1.807) is 23.1 Å². The Bertz CT molecular complexity index is 1110. The summed E-state index contributed by atoms with van der Waals surface area (Å²) in [6.07, 6.45) is 10.1. The van der Waals surface area contributed by atoms with E-state index in [4.69, 9.17) is 10.5 Å². The number of benzene rings is 1. The number of nitrogen functional groups attached to an aromatic ring is 1. The van der Waals surface area contributed by atoms with E-state index in [0.717, 1.165) is 54.2 Å². The maximum absolute atomic E-state index is 13.0. The van der Waals surface area contributed by atoms with Crippen LogP contribution in [0, 0.1) is 0 Å². The summed E-state index contributed by atoms with van der Waals surface area (Å²) in [6, 6.07) is 9.79. The molecule has 0 unspecified atom stereocenters. The molecule has 1 aliphatic carbocycles. The summed E-state index contributed by atoms with van der Waals surface area (Å²) < 4.78 is 7.86. The fourth-order valence-electron chi connectivity index (χ4n) is 4.15. The van der Waals surface area contributed by atoms with Crippen LogP contribution in [0.3, 0.4) is 0 Å². The van der Waals surface area contributed by atoms with Gasteiger partial charge in [-0.05, 0) is 42.9 Å². The highest BCUT2D eigenvalue weighted by Crippen LogP contribution is 2.25. The van der Waals surface area contributed by atoms with Gasteiger partial charge in [-0.1, -0.05) is 24.3 Å². The number of hydrogen-bond acceptors (Lipinski definition) is 6. The molecule has 0 spiro atoms. The van der Waals surface area contributed by atoms with Crippen molar-refractivity contribution in [3.05, 3.63) is 65.6 Å². The van der Waals surface area contributed by atoms with Crippen molar-refractivity contribution < 1.29 is 14.3 Å². The van der Waals surface area contributed by atoms with Crippen molar-refractivity contribution in [3.63, 3.8) is 0 Å². The van der Waals surface area contributed by atoms with Crippen molar-refractivity contribution in [1.29, 1.82) is 0 Å². The number of nitrogens with one attached hydrogen (secondary N) is 1. The Kier molecular flexibility index (Phi) is 7.14. The second-order valence-corrected chi connectivity index (χ2v) is 8.44. The number of hydrogen-bond donors (Lipinski definition) is 2. The second kappa shape index (κ2) is 10.4. The highest BCUT2D eigenvalue weighted by atomic mass is 16.5. The molecule has 1 amide bonds. The fourth-order valence-corrected chi connectivity index (χ4v) is 4.15. The Morgan fingerprint density at radius 1 is 1.21 bits per heavy atom. The summed E-state index contributed by atoms with van der Waals surface area (Å²) in [6.45, 7) is 0.477. The third-order valence-corrected chi connectivity index (χ3v) is 6.01. The van der Waals surface area contributed by atoms with Crippen LogP contribution < -0.4 is 11.1 Å². The van der Waals surface area contributed by atoms with Crippen molar-refractivity contribution >= 4 is 18.0 Å². The molecule has 1 saturated carbocycles. The van der Waals surface area contributed by atoms with Gasteiger partial charge in [0.15, 0.2) is 0 Å². The van der Waals surface area contributed by atoms with Crippen LogP contribution in [0.5, 0.6) is 0 Å². The monoisotopic (exact) mass is 447 g/mol. The minimum absolute atomic E-state index is 0.0561. The summed E-state index contributed by atoms with van der Waals surface area (Å²) in [7, 11) is 1.84. The predicted molar refractivity (Wildman–Crippen MR) is 125 cm³/mol. The molecule has 1 fully saturated rings. The van der Waals surface area contributed by atoms with Crippen LogP contribution in [0.4, 0.5) is 5.82 Å². The second-order valence-electron chi connectivity index (χ2n) is 8.44. The molecular weight excluding hydrogens is 418 g/mol. The topological polar surface area (TPSA) is 112 Å². The van der Waals surface area contributed by atoms with E-state index in [2.05, 4.69) is 15.4 Å². The van der Waals surface area contributed by atoms with Crippen LogP contribution in [0.25, 0.3) is 11.1 Å². The Morgan fingerprint density at radius 2 is 2.00 bits per heavy atom. The smallest absolute Gasteiger partial charge is 0.255 e. The van der Waals surface area contributed by atoms with Crippen LogP contribution in [-0.2, 0) is 29.6 Å². The van der Waals surface area contributed by atoms with Crippen molar-refractivity contribution in [2.75, 3.05) is 5.73 Å². The number of ether oxygens (including phenoxy) is 1. The molecule has 0 saturated heterocycles. The maximum atomic E-state index is 13.0. The summed E-state index contributed by atoms with van der Waals surface area (Å²) >= 11 is 0. The Balaban J connectivity index is 1.37. The summed E-state index contributed by atoms with van der Waals surface area (Å²) in [5.41, 5.74) is 10.2. The number of amides is 1. The zero-order chi connectivity index (χ0) is 23.2. The van der Waals surface area contributed by atoms with Gasteiger partial charge in [-0.15, -0.1) is 0 Å². The predicted octanol–water partition coefficient (Wildman–Crippen LogP) is 3.06. The number of rotatable bonds is 9. The summed E-state index contributed by atoms with van der Waals surface area (Å²) in [5, 5.41) is 7.27. The van der Waals surface area contributed by atoms with Gasteiger partial charge in [-0.3, -0.25) is 9.48 Å². The number of carbonyl (C=O) groups excluding carboxylic acids is 2. The quantitative estimate of drug-likeness (QED) is 0.488. The largest absolute Gasteiger partial charge is 0.383 e. The number of aldehydes is 1. The Hall–Kier alpha value is -3.52. The Labute approximate surface area is 193 Å². The van der Waals surface area contributed by atoms with Crippen molar-refractivity contribution in [2.24, 2.45) is 7.05 Å². The van der Waals surface area contributed by atoms with Gasteiger partial charge in [-0.25, -0.2) is 4.98 Å². The summed E-state index contributed by atoms with van der Waals surface area (Å²) in [5.74, 6) is -0.0453. The number of nitrogens with zero attached hydrogens (tertiary/aromatic N) is 3. The normalized spacial score (nSPS) is 17.7. The van der Waals surface area contributed by atoms with Gasteiger partial charge >= 0.3 is 0 Å². The lowest BCUT2D eigenvalue weighted by molar-refractivity contribution is -0.107. The number of nitrogens with two attached hydrogens (primary N) is 1. The van der Waals surface area contributed by atoms with Crippen LogP contribution >= 0.6 is 0 Å². The molecule has 2 aromatic heterocycles. The van der Waals surface area contributed by atoms with E-state index in [0.29, 0.717) is 18.6 Å². The average molecular weight is 448 g/mol. The van der Waals surface area contributed by atoms with Crippen molar-refractivity contribution in [3.8, 4) is 11.1 Å². The Morgan fingerprint density at radius 3 is 2.73 bits per heavy atom. The van der Waals surface area contributed by atoms with Gasteiger partial charge in [0, 0.05) is 37.0 Å². The van der Waals surface area contributed by atoms with Gasteiger partial charge in [0.05, 0.1) is 30.5 Å². The molecule has 3 aromatic rings. The first-order valence-electron chi connectivity index (χ1n) is 11.2. The molecule has 172 valence electrons. The SMILES string of the molecule is Cn1cc(-c2cnc(N)c(C(=O)N[C@H]3CCC[C@@H]3OCc3ccc(CCC=O)cc3)c2)cn1. The van der Waals surface area contributed by atoms with Gasteiger partial charge in [0.25, 0.3) is 5.91 Å². The van der Waals surface area contributed by atoms with E-state index < -0.39 is 0 Å². The van der Waals surface area contributed by atoms with Crippen LogP contribution in [0.15, 0.2) is 48.9 Å². The van der Waals surface area contributed by atoms with Gasteiger partial charge in [0.1, 0.15) is 12.1 Å². The molecule has 2 atom stereocenters. The number of anilines is 1. The number of pyridine rings is 1.